The summed E-state index contributed by atoms with van der Waals surface area (Å²) in [5.41, 5.74) is 0. The highest BCUT2D eigenvalue weighted by molar-refractivity contribution is 5.77. The molecule has 1 heterocycles. The molecule has 7 nitrogen and oxygen atoms in total. The second kappa shape index (κ2) is 5.06. The molecule has 0 radical (unpaired) electrons. The van der Waals surface area contributed by atoms with Crippen molar-refractivity contribution in [3.8, 4) is 11.8 Å². The first kappa shape index (κ1) is 11.9. The van der Waals surface area contributed by atoms with Crippen molar-refractivity contribution in [1.82, 2.24) is 4.73 Å². The Morgan fingerprint density at radius 1 is 1.19 bits per heavy atom. The van der Waals surface area contributed by atoms with Gasteiger partial charge < -0.3 is 19.8 Å². The molecule has 0 saturated carbocycles. The summed E-state index contributed by atoms with van der Waals surface area (Å²) in [6, 6.07) is 2.31. The lowest BCUT2D eigenvalue weighted by molar-refractivity contribution is -0.150. The largest absolute Gasteiger partial charge is 0.492 e. The first-order valence-electron chi connectivity index (χ1n) is 4.42. The van der Waals surface area contributed by atoms with Gasteiger partial charge in [0, 0.05) is 12.1 Å². The average Bonchev–Trinajstić information content (AvgIpc) is 2.57. The van der Waals surface area contributed by atoms with E-state index in [9.17, 15) is 9.59 Å². The van der Waals surface area contributed by atoms with Crippen molar-refractivity contribution >= 4 is 11.9 Å². The molecule has 16 heavy (non-hydrogen) atoms. The normalized spacial score (nSPS) is 9.81. The number of aromatic hydroxyl groups is 2. The summed E-state index contributed by atoms with van der Waals surface area (Å²) in [6.45, 7) is 0. The van der Waals surface area contributed by atoms with E-state index in [1.807, 2.05) is 0 Å². The van der Waals surface area contributed by atoms with Gasteiger partial charge in [0.25, 0.3) is 0 Å². The van der Waals surface area contributed by atoms with Crippen LogP contribution in [0.1, 0.15) is 12.8 Å². The Morgan fingerprint density at radius 3 is 2.19 bits per heavy atom. The molecule has 1 aromatic heterocycles. The number of rotatable bonds is 4. The fourth-order valence-electron chi connectivity index (χ4n) is 0.949. The van der Waals surface area contributed by atoms with Gasteiger partial charge in [-0.15, -0.1) is 4.73 Å². The van der Waals surface area contributed by atoms with Crippen molar-refractivity contribution in [2.24, 2.45) is 0 Å². The molecule has 0 aliphatic heterocycles. The van der Waals surface area contributed by atoms with Crippen LogP contribution >= 0.6 is 0 Å². The number of hydrogen-bond donors (Lipinski definition) is 2. The van der Waals surface area contributed by atoms with Crippen LogP contribution in [0.3, 0.4) is 0 Å². The smallest absolute Gasteiger partial charge is 0.333 e. The first-order chi connectivity index (χ1) is 7.54. The number of nitrogens with zero attached hydrogens (tertiary/aromatic N) is 1. The number of aromatic nitrogens is 1. The van der Waals surface area contributed by atoms with Crippen molar-refractivity contribution in [1.29, 1.82) is 0 Å². The number of ether oxygens (including phenoxy) is 1. The van der Waals surface area contributed by atoms with Gasteiger partial charge in [-0.2, -0.15) is 0 Å². The Morgan fingerprint density at radius 2 is 1.69 bits per heavy atom. The van der Waals surface area contributed by atoms with Crippen LogP contribution in [-0.4, -0.2) is 34.0 Å². The van der Waals surface area contributed by atoms with Crippen molar-refractivity contribution in [3.05, 3.63) is 12.1 Å². The Labute approximate surface area is 90.8 Å². The van der Waals surface area contributed by atoms with E-state index < -0.39 is 23.7 Å². The van der Waals surface area contributed by atoms with Gasteiger partial charge >= 0.3 is 11.9 Å². The predicted molar refractivity (Wildman–Crippen MR) is 50.6 cm³/mol. The second-order valence-corrected chi connectivity index (χ2v) is 2.88. The van der Waals surface area contributed by atoms with E-state index in [0.29, 0.717) is 4.73 Å². The molecule has 0 amide bonds. The quantitative estimate of drug-likeness (QED) is 0.694. The summed E-state index contributed by atoms with van der Waals surface area (Å²) in [5, 5.41) is 18.3. The van der Waals surface area contributed by atoms with E-state index in [2.05, 4.69) is 9.57 Å². The lowest BCUT2D eigenvalue weighted by atomic mass is 10.3. The van der Waals surface area contributed by atoms with Crippen molar-refractivity contribution < 1.29 is 29.4 Å². The van der Waals surface area contributed by atoms with Gasteiger partial charge in [0.2, 0.25) is 11.8 Å². The van der Waals surface area contributed by atoms with E-state index in [1.165, 1.54) is 7.11 Å². The minimum Gasteiger partial charge on any atom is -0.492 e. The number of methoxy groups -OCH3 is 1. The van der Waals surface area contributed by atoms with Crippen LogP contribution in [0.15, 0.2) is 12.1 Å². The van der Waals surface area contributed by atoms with Crippen LogP contribution in [0.2, 0.25) is 0 Å². The standard InChI is InChI=1S/C9H11NO6/c1-15-8(13)4-5-9(14)16-10-6(11)2-3-7(10)12/h2-3,11-12H,4-5H2,1H3. The highest BCUT2D eigenvalue weighted by Gasteiger charge is 2.13. The maximum Gasteiger partial charge on any atom is 0.333 e. The molecule has 2 N–H and O–H groups in total. The minimum atomic E-state index is -0.771. The summed E-state index contributed by atoms with van der Waals surface area (Å²) in [5.74, 6) is -2.14. The van der Waals surface area contributed by atoms with Gasteiger partial charge in [-0.1, -0.05) is 0 Å². The van der Waals surface area contributed by atoms with Gasteiger partial charge in [0.05, 0.1) is 20.0 Å². The Balaban J connectivity index is 2.49. The summed E-state index contributed by atoms with van der Waals surface area (Å²) < 4.78 is 4.89. The fraction of sp³-hybridized carbons (Fsp3) is 0.333. The van der Waals surface area contributed by atoms with Gasteiger partial charge in [-0.05, 0) is 0 Å². The highest BCUT2D eigenvalue weighted by atomic mass is 16.7. The molecule has 1 aromatic rings. The van der Waals surface area contributed by atoms with Crippen LogP contribution in [0.5, 0.6) is 11.8 Å². The van der Waals surface area contributed by atoms with Gasteiger partial charge in [0.15, 0.2) is 0 Å². The van der Waals surface area contributed by atoms with Crippen LogP contribution in [-0.2, 0) is 14.3 Å². The van der Waals surface area contributed by atoms with E-state index in [1.54, 1.807) is 0 Å². The molecule has 0 aliphatic rings. The molecule has 0 saturated heterocycles. The van der Waals surface area contributed by atoms with Gasteiger partial charge in [0.1, 0.15) is 0 Å². The molecule has 0 unspecified atom stereocenters. The van der Waals surface area contributed by atoms with E-state index in [0.717, 1.165) is 12.1 Å². The van der Waals surface area contributed by atoms with Crippen LogP contribution in [0.4, 0.5) is 0 Å². The lowest BCUT2D eigenvalue weighted by Crippen LogP contribution is -2.19. The molecule has 0 atom stereocenters. The number of hydrogen-bond acceptors (Lipinski definition) is 6. The zero-order valence-electron chi connectivity index (χ0n) is 8.54. The fourth-order valence-corrected chi connectivity index (χ4v) is 0.949. The monoisotopic (exact) mass is 229 g/mol. The molecular weight excluding hydrogens is 218 g/mol. The summed E-state index contributed by atoms with van der Waals surface area (Å²) >= 11 is 0. The van der Waals surface area contributed by atoms with Crippen LogP contribution in [0.25, 0.3) is 0 Å². The zero-order valence-corrected chi connectivity index (χ0v) is 8.54. The molecular formula is C9H11NO6. The SMILES string of the molecule is COC(=O)CCC(=O)On1c(O)ccc1O. The second-order valence-electron chi connectivity index (χ2n) is 2.88. The topological polar surface area (TPSA) is 98.0 Å². The molecule has 88 valence electrons. The summed E-state index contributed by atoms with van der Waals surface area (Å²) in [7, 11) is 1.21. The zero-order chi connectivity index (χ0) is 12.1. The average molecular weight is 229 g/mol. The van der Waals surface area contributed by atoms with E-state index in [4.69, 9.17) is 10.2 Å². The van der Waals surface area contributed by atoms with Crippen LogP contribution < -0.4 is 4.84 Å². The number of esters is 1. The maximum absolute atomic E-state index is 11.2. The molecule has 7 heteroatoms. The number of carbonyl (C=O) groups excluding carboxylic acids is 2. The Kier molecular flexibility index (Phi) is 3.76. The predicted octanol–water partition coefficient (Wildman–Crippen LogP) is -0.192. The Bertz CT molecular complexity index is 377. The van der Waals surface area contributed by atoms with Gasteiger partial charge in [-0.3, -0.25) is 4.79 Å². The highest BCUT2D eigenvalue weighted by Crippen LogP contribution is 2.18. The maximum atomic E-state index is 11.2. The molecule has 0 bridgehead atoms. The van der Waals surface area contributed by atoms with Crippen molar-refractivity contribution in [2.75, 3.05) is 7.11 Å². The third kappa shape index (κ3) is 2.91. The summed E-state index contributed by atoms with van der Waals surface area (Å²) in [6.07, 6.45) is -0.331. The first-order valence-corrected chi connectivity index (χ1v) is 4.42. The molecule has 0 fully saturated rings. The number of carbonyl (C=O) groups is 2. The van der Waals surface area contributed by atoms with Gasteiger partial charge in [-0.25, -0.2) is 4.79 Å². The van der Waals surface area contributed by atoms with Crippen LogP contribution in [0, 0.1) is 0 Å². The Hall–Kier alpha value is -2.18. The lowest BCUT2D eigenvalue weighted by Gasteiger charge is -2.06. The molecule has 1 rings (SSSR count). The van der Waals surface area contributed by atoms with Crippen molar-refractivity contribution in [2.45, 2.75) is 12.8 Å². The van der Waals surface area contributed by atoms with E-state index in [-0.39, 0.29) is 12.8 Å². The molecule has 0 spiro atoms. The summed E-state index contributed by atoms with van der Waals surface area (Å²) in [4.78, 5) is 26.5. The molecule has 0 aromatic carbocycles. The molecule has 0 aliphatic carbocycles. The third-order valence-corrected chi connectivity index (χ3v) is 1.75. The van der Waals surface area contributed by atoms with E-state index >= 15 is 0 Å². The third-order valence-electron chi connectivity index (χ3n) is 1.75. The van der Waals surface area contributed by atoms with Crippen molar-refractivity contribution in [3.63, 3.8) is 0 Å². The minimum absolute atomic E-state index is 0.127.